The quantitative estimate of drug-likeness (QED) is 0.598. The Kier molecular flexibility index (Phi) is 6.46. The van der Waals surface area contributed by atoms with Gasteiger partial charge in [-0.1, -0.05) is 35.9 Å². The second-order valence-corrected chi connectivity index (χ2v) is 6.63. The molecular formula is C20H19ClN4O4. The third kappa shape index (κ3) is 5.11. The van der Waals surface area contributed by atoms with E-state index in [4.69, 9.17) is 16.3 Å². The van der Waals surface area contributed by atoms with Crippen LogP contribution in [0.1, 0.15) is 12.2 Å². The lowest BCUT2D eigenvalue weighted by Gasteiger charge is -2.11. The van der Waals surface area contributed by atoms with Crippen molar-refractivity contribution in [3.8, 4) is 5.75 Å². The van der Waals surface area contributed by atoms with Crippen LogP contribution in [0.2, 0.25) is 5.02 Å². The summed E-state index contributed by atoms with van der Waals surface area (Å²) in [6, 6.07) is 13.8. The zero-order valence-corrected chi connectivity index (χ0v) is 16.4. The molecule has 150 valence electrons. The fraction of sp³-hybridized carbons (Fsp3) is 0.200. The lowest BCUT2D eigenvalue weighted by molar-refractivity contribution is -0.130. The number of aryl methyl sites for hydroxylation is 1. The molecule has 0 unspecified atom stereocenters. The van der Waals surface area contributed by atoms with Gasteiger partial charge in [-0.3, -0.25) is 29.8 Å². The van der Waals surface area contributed by atoms with Crippen LogP contribution in [-0.2, 0) is 23.1 Å². The third-order valence-corrected chi connectivity index (χ3v) is 4.50. The molecule has 2 aromatic carbocycles. The molecule has 0 saturated carbocycles. The molecule has 9 heteroatoms. The normalized spacial score (nSPS) is 10.6. The molecule has 0 saturated heterocycles. The van der Waals surface area contributed by atoms with Crippen molar-refractivity contribution in [2.45, 2.75) is 12.8 Å². The fourth-order valence-electron chi connectivity index (χ4n) is 2.66. The monoisotopic (exact) mass is 414 g/mol. The van der Waals surface area contributed by atoms with Crippen molar-refractivity contribution in [1.82, 2.24) is 20.4 Å². The molecule has 3 aromatic rings. The first kappa shape index (κ1) is 20.3. The van der Waals surface area contributed by atoms with Crippen LogP contribution in [-0.4, -0.2) is 28.0 Å². The van der Waals surface area contributed by atoms with Crippen LogP contribution in [0, 0.1) is 0 Å². The number of carbonyl (C=O) groups excluding carboxylic acids is 2. The van der Waals surface area contributed by atoms with Crippen LogP contribution in [0.3, 0.4) is 0 Å². The van der Waals surface area contributed by atoms with Crippen molar-refractivity contribution in [2.24, 2.45) is 7.05 Å². The Labute approximate surface area is 171 Å². The fourth-order valence-corrected chi connectivity index (χ4v) is 2.85. The molecule has 0 spiro atoms. The maximum atomic E-state index is 12.4. The summed E-state index contributed by atoms with van der Waals surface area (Å²) < 4.78 is 6.71. The summed E-state index contributed by atoms with van der Waals surface area (Å²) in [7, 11) is 1.61. The summed E-state index contributed by atoms with van der Waals surface area (Å²) in [5.41, 5.74) is 4.99. The smallest absolute Gasteiger partial charge is 0.276 e. The van der Waals surface area contributed by atoms with Crippen LogP contribution in [0.4, 0.5) is 0 Å². The number of para-hydroxylation sites is 2. The number of carbonyl (C=O) groups is 2. The molecule has 2 amide bonds. The summed E-state index contributed by atoms with van der Waals surface area (Å²) in [5.74, 6) is -0.0934. The number of halogens is 1. The molecule has 0 bridgehead atoms. The van der Waals surface area contributed by atoms with E-state index in [2.05, 4.69) is 15.8 Å². The average molecular weight is 415 g/mol. The molecule has 8 nitrogen and oxygen atoms in total. The third-order valence-electron chi connectivity index (χ3n) is 4.19. The van der Waals surface area contributed by atoms with E-state index in [1.54, 1.807) is 55.6 Å². The molecule has 0 aliphatic carbocycles. The minimum Gasteiger partial charge on any atom is -0.482 e. The molecule has 0 aliphatic rings. The molecule has 0 radical (unpaired) electrons. The highest BCUT2D eigenvalue weighted by molar-refractivity contribution is 6.32. The first-order valence-electron chi connectivity index (χ1n) is 8.85. The van der Waals surface area contributed by atoms with Gasteiger partial charge in [-0.05, 0) is 24.3 Å². The zero-order chi connectivity index (χ0) is 20.8. The van der Waals surface area contributed by atoms with Crippen LogP contribution >= 0.6 is 11.6 Å². The lowest BCUT2D eigenvalue weighted by Crippen LogP contribution is -2.44. The van der Waals surface area contributed by atoms with Crippen molar-refractivity contribution in [2.75, 3.05) is 6.61 Å². The Balaban J connectivity index is 1.49. The van der Waals surface area contributed by atoms with Gasteiger partial charge in [0.15, 0.2) is 6.61 Å². The van der Waals surface area contributed by atoms with E-state index in [1.165, 1.54) is 4.57 Å². The van der Waals surface area contributed by atoms with Crippen LogP contribution in [0.5, 0.6) is 5.75 Å². The number of hydrogen-bond acceptors (Lipinski definition) is 5. The van der Waals surface area contributed by atoms with Gasteiger partial charge in [0.05, 0.1) is 15.9 Å². The Morgan fingerprint density at radius 1 is 1.07 bits per heavy atom. The van der Waals surface area contributed by atoms with Gasteiger partial charge in [0, 0.05) is 19.9 Å². The van der Waals surface area contributed by atoms with Gasteiger partial charge in [-0.25, -0.2) is 4.98 Å². The molecule has 29 heavy (non-hydrogen) atoms. The topological polar surface area (TPSA) is 102 Å². The molecule has 0 aliphatic heterocycles. The Morgan fingerprint density at radius 2 is 1.76 bits per heavy atom. The van der Waals surface area contributed by atoms with Crippen molar-refractivity contribution in [3.05, 3.63) is 69.7 Å². The van der Waals surface area contributed by atoms with E-state index in [-0.39, 0.29) is 25.0 Å². The highest BCUT2D eigenvalue weighted by Gasteiger charge is 2.11. The van der Waals surface area contributed by atoms with Gasteiger partial charge in [0.2, 0.25) is 5.91 Å². The number of benzene rings is 2. The number of nitrogens with one attached hydrogen (secondary N) is 2. The van der Waals surface area contributed by atoms with Crippen LogP contribution in [0.15, 0.2) is 53.3 Å². The van der Waals surface area contributed by atoms with E-state index in [9.17, 15) is 14.4 Å². The number of rotatable bonds is 6. The zero-order valence-electron chi connectivity index (χ0n) is 15.6. The van der Waals surface area contributed by atoms with Gasteiger partial charge in [-0.2, -0.15) is 0 Å². The first-order valence-corrected chi connectivity index (χ1v) is 9.23. The van der Waals surface area contributed by atoms with E-state index < -0.39 is 11.8 Å². The van der Waals surface area contributed by atoms with Crippen molar-refractivity contribution in [3.63, 3.8) is 0 Å². The Morgan fingerprint density at radius 3 is 2.55 bits per heavy atom. The van der Waals surface area contributed by atoms with Crippen molar-refractivity contribution < 1.29 is 14.3 Å². The molecule has 1 aromatic heterocycles. The Bertz CT molecular complexity index is 1110. The molecule has 3 rings (SSSR count). The number of aromatic nitrogens is 2. The molecular weight excluding hydrogens is 396 g/mol. The number of amides is 2. The van der Waals surface area contributed by atoms with Crippen LogP contribution < -0.4 is 21.1 Å². The van der Waals surface area contributed by atoms with Crippen molar-refractivity contribution in [1.29, 1.82) is 0 Å². The van der Waals surface area contributed by atoms with Crippen LogP contribution in [0.25, 0.3) is 10.9 Å². The molecule has 0 atom stereocenters. The maximum absolute atomic E-state index is 12.4. The number of fused-ring (bicyclic) bond motifs is 1. The van der Waals surface area contributed by atoms with E-state index >= 15 is 0 Å². The highest BCUT2D eigenvalue weighted by atomic mass is 35.5. The number of hydrazine groups is 1. The average Bonchev–Trinajstić information content (AvgIpc) is 2.73. The van der Waals surface area contributed by atoms with E-state index in [0.717, 1.165) is 0 Å². The van der Waals surface area contributed by atoms with Gasteiger partial charge < -0.3 is 4.74 Å². The largest absolute Gasteiger partial charge is 0.482 e. The number of nitrogens with zero attached hydrogens (tertiary/aromatic N) is 2. The highest BCUT2D eigenvalue weighted by Crippen LogP contribution is 2.22. The van der Waals surface area contributed by atoms with Crippen molar-refractivity contribution >= 4 is 34.3 Å². The summed E-state index contributed by atoms with van der Waals surface area (Å²) in [6.07, 6.45) is 0.290. The second-order valence-electron chi connectivity index (χ2n) is 6.22. The summed E-state index contributed by atoms with van der Waals surface area (Å²) in [6.45, 7) is -0.301. The summed E-state index contributed by atoms with van der Waals surface area (Å²) >= 11 is 5.94. The number of hydrogen-bond donors (Lipinski definition) is 2. The standard InChI is InChI=1S/C20H19ClN4O4/c1-25-17(22-15-8-4-2-6-13(15)20(25)28)10-11-18(26)23-24-19(27)12-29-16-9-5-3-7-14(16)21/h2-9H,10-12H2,1H3,(H,23,26)(H,24,27). The lowest BCUT2D eigenvalue weighted by atomic mass is 10.2. The van der Waals surface area contributed by atoms with E-state index in [1.807, 2.05) is 0 Å². The van der Waals surface area contributed by atoms with E-state index in [0.29, 0.717) is 27.5 Å². The van der Waals surface area contributed by atoms with Gasteiger partial charge in [0.25, 0.3) is 11.5 Å². The summed E-state index contributed by atoms with van der Waals surface area (Å²) in [4.78, 5) is 40.6. The maximum Gasteiger partial charge on any atom is 0.276 e. The molecule has 2 N–H and O–H groups in total. The van der Waals surface area contributed by atoms with Gasteiger partial charge in [-0.15, -0.1) is 0 Å². The predicted molar refractivity (Wildman–Crippen MR) is 109 cm³/mol. The molecule has 1 heterocycles. The van der Waals surface area contributed by atoms with Gasteiger partial charge in [0.1, 0.15) is 11.6 Å². The predicted octanol–water partition coefficient (Wildman–Crippen LogP) is 1.75. The first-order chi connectivity index (χ1) is 14.0. The van der Waals surface area contributed by atoms with Gasteiger partial charge >= 0.3 is 0 Å². The minimum absolute atomic E-state index is 0.0459. The Hall–Kier alpha value is -3.39. The SMILES string of the molecule is Cn1c(CCC(=O)NNC(=O)COc2ccccc2Cl)nc2ccccc2c1=O. The molecule has 0 fully saturated rings. The number of ether oxygens (including phenoxy) is 1. The summed E-state index contributed by atoms with van der Waals surface area (Å²) in [5, 5.41) is 0.909. The minimum atomic E-state index is -0.533. The second kappa shape index (κ2) is 9.20.